The molecule has 4 heteroatoms. The molecule has 3 rings (SSSR count). The molecule has 96 valence electrons. The Morgan fingerprint density at radius 2 is 2.18 bits per heavy atom. The van der Waals surface area contributed by atoms with Crippen LogP contribution in [0.15, 0.2) is 0 Å². The Hall–Kier alpha value is -0.610. The normalized spacial score (nSPS) is 37.9. The zero-order valence-corrected chi connectivity index (χ0v) is 10.4. The number of fused-ring (bicyclic) bond motifs is 1. The SMILES string of the molecule is O=C([C@@H]1CCCN1)N1CCOC[C@@H]2CCC[C@@H]21. The lowest BCUT2D eigenvalue weighted by Crippen LogP contribution is -2.49. The second kappa shape index (κ2) is 4.94. The standard InChI is InChI=1S/C13H22N2O2/c16-13(11-4-2-6-14-11)15-7-8-17-9-10-3-1-5-12(10)15/h10-12,14H,1-9H2/t10-,11-,12-/m0/s1. The Bertz CT molecular complexity index is 289. The van der Waals surface area contributed by atoms with Crippen molar-refractivity contribution in [3.05, 3.63) is 0 Å². The number of nitrogens with zero attached hydrogens (tertiary/aromatic N) is 1. The van der Waals surface area contributed by atoms with Crippen molar-refractivity contribution in [2.24, 2.45) is 5.92 Å². The first-order chi connectivity index (χ1) is 8.36. The van der Waals surface area contributed by atoms with Crippen molar-refractivity contribution in [1.29, 1.82) is 0 Å². The molecule has 0 spiro atoms. The zero-order chi connectivity index (χ0) is 11.7. The fourth-order valence-corrected chi connectivity index (χ4v) is 3.55. The highest BCUT2D eigenvalue weighted by Crippen LogP contribution is 2.32. The molecule has 0 radical (unpaired) electrons. The van der Waals surface area contributed by atoms with Gasteiger partial charge in [-0.25, -0.2) is 0 Å². The maximum atomic E-state index is 12.5. The summed E-state index contributed by atoms with van der Waals surface area (Å²) in [6, 6.07) is 0.529. The summed E-state index contributed by atoms with van der Waals surface area (Å²) in [6.45, 7) is 3.35. The molecule has 0 aromatic carbocycles. The lowest BCUT2D eigenvalue weighted by Gasteiger charge is -2.32. The van der Waals surface area contributed by atoms with E-state index in [2.05, 4.69) is 10.2 Å². The van der Waals surface area contributed by atoms with E-state index < -0.39 is 0 Å². The lowest BCUT2D eigenvalue weighted by atomic mass is 10.0. The first-order valence-electron chi connectivity index (χ1n) is 6.98. The summed E-state index contributed by atoms with van der Waals surface area (Å²) >= 11 is 0. The van der Waals surface area contributed by atoms with E-state index in [1.807, 2.05) is 0 Å². The van der Waals surface area contributed by atoms with Gasteiger partial charge in [0.25, 0.3) is 0 Å². The number of carbonyl (C=O) groups excluding carboxylic acids is 1. The summed E-state index contributed by atoms with van der Waals surface area (Å²) in [4.78, 5) is 14.6. The number of carbonyl (C=O) groups is 1. The van der Waals surface area contributed by atoms with Crippen LogP contribution in [0, 0.1) is 5.92 Å². The predicted octanol–water partition coefficient (Wildman–Crippen LogP) is 0.766. The smallest absolute Gasteiger partial charge is 0.240 e. The Morgan fingerprint density at radius 1 is 1.24 bits per heavy atom. The second-order valence-corrected chi connectivity index (χ2v) is 5.51. The van der Waals surface area contributed by atoms with Gasteiger partial charge in [-0.2, -0.15) is 0 Å². The van der Waals surface area contributed by atoms with Gasteiger partial charge < -0.3 is 15.0 Å². The van der Waals surface area contributed by atoms with Crippen molar-refractivity contribution >= 4 is 5.91 Å². The molecule has 3 aliphatic rings. The molecule has 1 N–H and O–H groups in total. The monoisotopic (exact) mass is 238 g/mol. The van der Waals surface area contributed by atoms with Crippen molar-refractivity contribution < 1.29 is 9.53 Å². The number of rotatable bonds is 1. The van der Waals surface area contributed by atoms with Crippen LogP contribution in [0.2, 0.25) is 0 Å². The van der Waals surface area contributed by atoms with E-state index in [9.17, 15) is 4.79 Å². The Kier molecular flexibility index (Phi) is 3.34. The third-order valence-corrected chi connectivity index (χ3v) is 4.47. The Balaban J connectivity index is 1.72. The Labute approximate surface area is 103 Å². The van der Waals surface area contributed by atoms with Crippen LogP contribution in [0.5, 0.6) is 0 Å². The van der Waals surface area contributed by atoms with Gasteiger partial charge >= 0.3 is 0 Å². The maximum Gasteiger partial charge on any atom is 0.240 e. The summed E-state index contributed by atoms with van der Waals surface area (Å²) < 4.78 is 5.64. The highest BCUT2D eigenvalue weighted by molar-refractivity contribution is 5.82. The van der Waals surface area contributed by atoms with Crippen LogP contribution in [-0.4, -0.2) is 49.2 Å². The molecule has 3 atom stereocenters. The molecule has 0 unspecified atom stereocenters. The minimum absolute atomic E-state index is 0.0781. The van der Waals surface area contributed by atoms with Crippen LogP contribution >= 0.6 is 0 Å². The maximum absolute atomic E-state index is 12.5. The van der Waals surface area contributed by atoms with Gasteiger partial charge in [0, 0.05) is 18.5 Å². The highest BCUT2D eigenvalue weighted by atomic mass is 16.5. The molecular weight excluding hydrogens is 216 g/mol. The summed E-state index contributed by atoms with van der Waals surface area (Å²) in [6.07, 6.45) is 5.79. The first kappa shape index (κ1) is 11.5. The van der Waals surface area contributed by atoms with Gasteiger partial charge in [-0.1, -0.05) is 6.42 Å². The zero-order valence-electron chi connectivity index (χ0n) is 10.4. The highest BCUT2D eigenvalue weighted by Gasteiger charge is 2.38. The van der Waals surface area contributed by atoms with Gasteiger partial charge in [0.05, 0.1) is 19.3 Å². The van der Waals surface area contributed by atoms with Crippen LogP contribution in [0.25, 0.3) is 0 Å². The van der Waals surface area contributed by atoms with Crippen LogP contribution < -0.4 is 5.32 Å². The predicted molar refractivity (Wildman–Crippen MR) is 64.7 cm³/mol. The van der Waals surface area contributed by atoms with E-state index in [0.29, 0.717) is 24.5 Å². The molecule has 3 fully saturated rings. The average molecular weight is 238 g/mol. The molecule has 1 amide bonds. The minimum atomic E-state index is 0.0781. The summed E-state index contributed by atoms with van der Waals surface area (Å²) in [5.74, 6) is 0.910. The van der Waals surface area contributed by atoms with Crippen LogP contribution in [-0.2, 0) is 9.53 Å². The molecule has 1 saturated carbocycles. The minimum Gasteiger partial charge on any atom is -0.379 e. The van der Waals surface area contributed by atoms with Crippen LogP contribution in [0.3, 0.4) is 0 Å². The first-order valence-corrected chi connectivity index (χ1v) is 6.98. The van der Waals surface area contributed by atoms with E-state index in [1.165, 1.54) is 19.3 Å². The van der Waals surface area contributed by atoms with Gasteiger partial charge in [-0.15, -0.1) is 0 Å². The number of ether oxygens (including phenoxy) is 1. The van der Waals surface area contributed by atoms with Gasteiger partial charge in [-0.05, 0) is 32.2 Å². The fraction of sp³-hybridized carbons (Fsp3) is 0.923. The molecule has 1 aliphatic carbocycles. The molecule has 2 aliphatic heterocycles. The Morgan fingerprint density at radius 3 is 3.00 bits per heavy atom. The van der Waals surface area contributed by atoms with Crippen molar-refractivity contribution in [2.45, 2.75) is 44.2 Å². The van der Waals surface area contributed by atoms with E-state index in [1.54, 1.807) is 0 Å². The molecular formula is C13H22N2O2. The average Bonchev–Trinajstić information content (AvgIpc) is 2.97. The quantitative estimate of drug-likeness (QED) is 0.733. The van der Waals surface area contributed by atoms with E-state index >= 15 is 0 Å². The fourth-order valence-electron chi connectivity index (χ4n) is 3.55. The number of nitrogens with one attached hydrogen (secondary N) is 1. The topological polar surface area (TPSA) is 41.6 Å². The molecule has 0 aromatic rings. The molecule has 17 heavy (non-hydrogen) atoms. The van der Waals surface area contributed by atoms with Gasteiger partial charge in [-0.3, -0.25) is 4.79 Å². The number of hydrogen-bond acceptors (Lipinski definition) is 3. The van der Waals surface area contributed by atoms with Gasteiger partial charge in [0.2, 0.25) is 5.91 Å². The third kappa shape index (κ3) is 2.20. The van der Waals surface area contributed by atoms with Crippen molar-refractivity contribution in [1.82, 2.24) is 10.2 Å². The molecule has 0 bridgehead atoms. The van der Waals surface area contributed by atoms with Crippen LogP contribution in [0.4, 0.5) is 0 Å². The van der Waals surface area contributed by atoms with Gasteiger partial charge in [0.1, 0.15) is 0 Å². The van der Waals surface area contributed by atoms with Crippen molar-refractivity contribution in [3.8, 4) is 0 Å². The summed E-state index contributed by atoms with van der Waals surface area (Å²) in [7, 11) is 0. The summed E-state index contributed by atoms with van der Waals surface area (Å²) in [5, 5.41) is 3.32. The molecule has 2 saturated heterocycles. The second-order valence-electron chi connectivity index (χ2n) is 5.51. The molecule has 4 nitrogen and oxygen atoms in total. The molecule has 0 aromatic heterocycles. The van der Waals surface area contributed by atoms with E-state index in [0.717, 1.165) is 32.5 Å². The van der Waals surface area contributed by atoms with Crippen LogP contribution in [0.1, 0.15) is 32.1 Å². The van der Waals surface area contributed by atoms with E-state index in [-0.39, 0.29) is 6.04 Å². The largest absolute Gasteiger partial charge is 0.379 e. The van der Waals surface area contributed by atoms with Gasteiger partial charge in [0.15, 0.2) is 0 Å². The number of hydrogen-bond donors (Lipinski definition) is 1. The third-order valence-electron chi connectivity index (χ3n) is 4.47. The van der Waals surface area contributed by atoms with E-state index in [4.69, 9.17) is 4.74 Å². The lowest BCUT2D eigenvalue weighted by molar-refractivity contribution is -0.135. The van der Waals surface area contributed by atoms with Crippen molar-refractivity contribution in [2.75, 3.05) is 26.3 Å². The molecule has 2 heterocycles. The number of amides is 1. The summed E-state index contributed by atoms with van der Waals surface area (Å²) in [5.41, 5.74) is 0. The van der Waals surface area contributed by atoms with Crippen molar-refractivity contribution in [3.63, 3.8) is 0 Å².